The highest BCUT2D eigenvalue weighted by Gasteiger charge is 2.16. The van der Waals surface area contributed by atoms with Crippen LogP contribution in [0.4, 0.5) is 5.82 Å². The number of anilines is 1. The standard InChI is InChI=1S/C14H13N3O/c15-13(18)10-3-1-9(2-4-10)11-5-7-16-14-12(11)6-8-17-14/h1-5,7H,6,8H2,(H2,15,18)(H,16,17). The minimum absolute atomic E-state index is 0.400. The maximum Gasteiger partial charge on any atom is 0.248 e. The van der Waals surface area contributed by atoms with Gasteiger partial charge in [-0.2, -0.15) is 0 Å². The predicted octanol–water partition coefficient (Wildman–Crippen LogP) is 1.82. The zero-order chi connectivity index (χ0) is 12.5. The smallest absolute Gasteiger partial charge is 0.248 e. The molecule has 1 aromatic carbocycles. The van der Waals surface area contributed by atoms with Crippen LogP contribution in [-0.4, -0.2) is 17.4 Å². The SMILES string of the molecule is NC(=O)c1ccc(-c2ccnc3c2CCN3)cc1. The van der Waals surface area contributed by atoms with E-state index < -0.39 is 5.91 Å². The molecule has 3 rings (SSSR count). The van der Waals surface area contributed by atoms with Crippen LogP contribution < -0.4 is 11.1 Å². The summed E-state index contributed by atoms with van der Waals surface area (Å²) in [5.74, 6) is 0.564. The van der Waals surface area contributed by atoms with Crippen molar-refractivity contribution >= 4 is 11.7 Å². The van der Waals surface area contributed by atoms with Crippen LogP contribution in [0.25, 0.3) is 11.1 Å². The Bertz CT molecular complexity index is 605. The van der Waals surface area contributed by atoms with Crippen molar-refractivity contribution in [1.29, 1.82) is 0 Å². The van der Waals surface area contributed by atoms with Gasteiger partial charge in [0.05, 0.1) is 0 Å². The molecule has 3 N–H and O–H groups in total. The highest BCUT2D eigenvalue weighted by molar-refractivity contribution is 5.93. The van der Waals surface area contributed by atoms with Gasteiger partial charge < -0.3 is 11.1 Å². The lowest BCUT2D eigenvalue weighted by atomic mass is 9.99. The summed E-state index contributed by atoms with van der Waals surface area (Å²) in [6.07, 6.45) is 2.78. The first-order chi connectivity index (χ1) is 8.75. The van der Waals surface area contributed by atoms with Crippen molar-refractivity contribution in [2.75, 3.05) is 11.9 Å². The molecular weight excluding hydrogens is 226 g/mol. The van der Waals surface area contributed by atoms with E-state index in [0.29, 0.717) is 5.56 Å². The average Bonchev–Trinajstić information content (AvgIpc) is 2.87. The van der Waals surface area contributed by atoms with Gasteiger partial charge in [-0.3, -0.25) is 4.79 Å². The quantitative estimate of drug-likeness (QED) is 0.839. The molecule has 1 amide bonds. The third kappa shape index (κ3) is 1.72. The Morgan fingerprint density at radius 3 is 2.72 bits per heavy atom. The Labute approximate surface area is 105 Å². The van der Waals surface area contributed by atoms with E-state index >= 15 is 0 Å². The number of primary amides is 1. The summed E-state index contributed by atoms with van der Waals surface area (Å²) in [5.41, 5.74) is 9.26. The molecule has 0 unspecified atom stereocenters. The molecule has 0 aliphatic carbocycles. The molecule has 0 spiro atoms. The Hall–Kier alpha value is -2.36. The number of pyridine rings is 1. The fraction of sp³-hybridized carbons (Fsp3) is 0.143. The lowest BCUT2D eigenvalue weighted by molar-refractivity contribution is 0.100. The molecule has 0 fully saturated rings. The van der Waals surface area contributed by atoms with Crippen LogP contribution in [0, 0.1) is 0 Å². The number of nitrogens with zero attached hydrogens (tertiary/aromatic N) is 1. The molecule has 0 saturated heterocycles. The molecule has 1 aromatic heterocycles. The molecule has 0 saturated carbocycles. The van der Waals surface area contributed by atoms with Crippen LogP contribution in [0.5, 0.6) is 0 Å². The monoisotopic (exact) mass is 239 g/mol. The van der Waals surface area contributed by atoms with Crippen LogP contribution in [0.1, 0.15) is 15.9 Å². The Morgan fingerprint density at radius 2 is 2.00 bits per heavy atom. The number of aromatic nitrogens is 1. The van der Waals surface area contributed by atoms with Gasteiger partial charge in [-0.1, -0.05) is 12.1 Å². The van der Waals surface area contributed by atoms with Gasteiger partial charge in [-0.15, -0.1) is 0 Å². The lowest BCUT2D eigenvalue weighted by Gasteiger charge is -2.07. The number of nitrogens with two attached hydrogens (primary N) is 1. The molecule has 0 radical (unpaired) electrons. The van der Waals surface area contributed by atoms with Crippen LogP contribution in [0.15, 0.2) is 36.5 Å². The van der Waals surface area contributed by atoms with Crippen molar-refractivity contribution in [3.05, 3.63) is 47.7 Å². The Morgan fingerprint density at radius 1 is 1.22 bits per heavy atom. The Kier molecular flexibility index (Phi) is 2.48. The summed E-state index contributed by atoms with van der Waals surface area (Å²) in [6, 6.07) is 9.37. The molecule has 2 heterocycles. The minimum atomic E-state index is -0.400. The molecule has 4 heteroatoms. The van der Waals surface area contributed by atoms with E-state index in [1.165, 1.54) is 11.1 Å². The third-order valence-corrected chi connectivity index (χ3v) is 3.20. The van der Waals surface area contributed by atoms with E-state index in [2.05, 4.69) is 10.3 Å². The van der Waals surface area contributed by atoms with E-state index in [0.717, 1.165) is 24.3 Å². The number of fused-ring (bicyclic) bond motifs is 1. The maximum absolute atomic E-state index is 11.0. The van der Waals surface area contributed by atoms with Gasteiger partial charge in [0.2, 0.25) is 5.91 Å². The summed E-state index contributed by atoms with van der Waals surface area (Å²) < 4.78 is 0. The number of carbonyl (C=O) groups excluding carboxylic acids is 1. The van der Waals surface area contributed by atoms with Crippen molar-refractivity contribution in [3.63, 3.8) is 0 Å². The molecule has 18 heavy (non-hydrogen) atoms. The lowest BCUT2D eigenvalue weighted by Crippen LogP contribution is -2.10. The second kappa shape index (κ2) is 4.14. The third-order valence-electron chi connectivity index (χ3n) is 3.20. The topological polar surface area (TPSA) is 68.0 Å². The molecule has 0 atom stereocenters. The number of hydrogen-bond acceptors (Lipinski definition) is 3. The van der Waals surface area contributed by atoms with Crippen molar-refractivity contribution < 1.29 is 4.79 Å². The van der Waals surface area contributed by atoms with E-state index in [9.17, 15) is 4.79 Å². The van der Waals surface area contributed by atoms with E-state index in [-0.39, 0.29) is 0 Å². The first-order valence-electron chi connectivity index (χ1n) is 5.88. The van der Waals surface area contributed by atoms with Crippen LogP contribution in [0.2, 0.25) is 0 Å². The van der Waals surface area contributed by atoms with E-state index in [1.807, 2.05) is 18.2 Å². The minimum Gasteiger partial charge on any atom is -0.369 e. The molecule has 2 aromatic rings. The predicted molar refractivity (Wildman–Crippen MR) is 70.4 cm³/mol. The largest absolute Gasteiger partial charge is 0.369 e. The van der Waals surface area contributed by atoms with Crippen molar-refractivity contribution in [3.8, 4) is 11.1 Å². The zero-order valence-corrected chi connectivity index (χ0v) is 9.81. The van der Waals surface area contributed by atoms with Gasteiger partial charge in [-0.05, 0) is 35.7 Å². The number of carbonyl (C=O) groups is 1. The molecule has 90 valence electrons. The highest BCUT2D eigenvalue weighted by atomic mass is 16.1. The van der Waals surface area contributed by atoms with Gasteiger partial charge in [-0.25, -0.2) is 4.98 Å². The normalized spacial score (nSPS) is 12.9. The maximum atomic E-state index is 11.0. The van der Waals surface area contributed by atoms with Gasteiger partial charge in [0.1, 0.15) is 5.82 Å². The molecule has 4 nitrogen and oxygen atoms in total. The summed E-state index contributed by atoms with van der Waals surface area (Å²) in [7, 11) is 0. The fourth-order valence-corrected chi connectivity index (χ4v) is 2.29. The van der Waals surface area contributed by atoms with Gasteiger partial charge >= 0.3 is 0 Å². The fourth-order valence-electron chi connectivity index (χ4n) is 2.29. The zero-order valence-electron chi connectivity index (χ0n) is 9.81. The van der Waals surface area contributed by atoms with Gasteiger partial charge in [0.15, 0.2) is 0 Å². The molecular formula is C14H13N3O. The molecule has 1 aliphatic rings. The van der Waals surface area contributed by atoms with Crippen LogP contribution in [-0.2, 0) is 6.42 Å². The van der Waals surface area contributed by atoms with Crippen LogP contribution >= 0.6 is 0 Å². The van der Waals surface area contributed by atoms with Crippen molar-refractivity contribution in [2.24, 2.45) is 5.73 Å². The second-order valence-electron chi connectivity index (χ2n) is 4.30. The first kappa shape index (κ1) is 10.8. The number of rotatable bonds is 2. The number of nitrogens with one attached hydrogen (secondary N) is 1. The number of hydrogen-bond donors (Lipinski definition) is 2. The summed E-state index contributed by atoms with van der Waals surface area (Å²) >= 11 is 0. The van der Waals surface area contributed by atoms with E-state index in [1.54, 1.807) is 18.3 Å². The van der Waals surface area contributed by atoms with Gasteiger partial charge in [0.25, 0.3) is 0 Å². The van der Waals surface area contributed by atoms with Crippen LogP contribution in [0.3, 0.4) is 0 Å². The summed E-state index contributed by atoms with van der Waals surface area (Å²) in [6.45, 7) is 0.929. The molecule has 1 aliphatic heterocycles. The average molecular weight is 239 g/mol. The van der Waals surface area contributed by atoms with Gasteiger partial charge in [0, 0.05) is 23.9 Å². The summed E-state index contributed by atoms with van der Waals surface area (Å²) in [4.78, 5) is 15.3. The second-order valence-corrected chi connectivity index (χ2v) is 4.30. The van der Waals surface area contributed by atoms with Crippen molar-refractivity contribution in [1.82, 2.24) is 4.98 Å². The number of amides is 1. The highest BCUT2D eigenvalue weighted by Crippen LogP contribution is 2.31. The Balaban J connectivity index is 2.05. The number of benzene rings is 1. The first-order valence-corrected chi connectivity index (χ1v) is 5.88. The van der Waals surface area contributed by atoms with E-state index in [4.69, 9.17) is 5.73 Å². The van der Waals surface area contributed by atoms with Crippen molar-refractivity contribution in [2.45, 2.75) is 6.42 Å². The summed E-state index contributed by atoms with van der Waals surface area (Å²) in [5, 5.41) is 3.25. The molecule has 0 bridgehead atoms.